The van der Waals surface area contributed by atoms with Crippen LogP contribution in [0.15, 0.2) is 36.8 Å². The SMILES string of the molecule is O=C(NCc1cccc(C(F)(F)F)c1)C1CCN(c2cncnc2N2CCCC2)CC1. The number of anilines is 2. The average molecular weight is 433 g/mol. The Labute approximate surface area is 179 Å². The van der Waals surface area contributed by atoms with Crippen molar-refractivity contribution in [1.29, 1.82) is 0 Å². The number of carbonyl (C=O) groups is 1. The summed E-state index contributed by atoms with van der Waals surface area (Å²) in [5.41, 5.74) is 0.746. The van der Waals surface area contributed by atoms with Gasteiger partial charge in [0.2, 0.25) is 5.91 Å². The summed E-state index contributed by atoms with van der Waals surface area (Å²) in [6.07, 6.45) is 2.72. The minimum Gasteiger partial charge on any atom is -0.367 e. The summed E-state index contributed by atoms with van der Waals surface area (Å²) < 4.78 is 38.6. The van der Waals surface area contributed by atoms with Gasteiger partial charge < -0.3 is 15.1 Å². The number of rotatable bonds is 5. The lowest BCUT2D eigenvalue weighted by molar-refractivity contribution is -0.137. The average Bonchev–Trinajstić information content (AvgIpc) is 3.32. The lowest BCUT2D eigenvalue weighted by Crippen LogP contribution is -2.41. The lowest BCUT2D eigenvalue weighted by atomic mass is 9.95. The van der Waals surface area contributed by atoms with E-state index in [2.05, 4.69) is 25.1 Å². The third-order valence-corrected chi connectivity index (χ3v) is 6.01. The van der Waals surface area contributed by atoms with Gasteiger partial charge in [0.1, 0.15) is 6.33 Å². The fourth-order valence-electron chi connectivity index (χ4n) is 4.29. The molecule has 0 atom stereocenters. The summed E-state index contributed by atoms with van der Waals surface area (Å²) >= 11 is 0. The highest BCUT2D eigenvalue weighted by molar-refractivity contribution is 5.79. The molecule has 2 fully saturated rings. The van der Waals surface area contributed by atoms with Crippen molar-refractivity contribution in [2.24, 2.45) is 5.92 Å². The van der Waals surface area contributed by atoms with Crippen LogP contribution in [0.4, 0.5) is 24.7 Å². The molecular formula is C22H26F3N5O. The Morgan fingerprint density at radius 2 is 1.84 bits per heavy atom. The number of piperidine rings is 1. The molecular weight excluding hydrogens is 407 g/mol. The smallest absolute Gasteiger partial charge is 0.367 e. The molecule has 1 aromatic heterocycles. The quantitative estimate of drug-likeness (QED) is 0.780. The van der Waals surface area contributed by atoms with Gasteiger partial charge in [0, 0.05) is 38.6 Å². The zero-order valence-electron chi connectivity index (χ0n) is 17.2. The largest absolute Gasteiger partial charge is 0.416 e. The van der Waals surface area contributed by atoms with Crippen molar-refractivity contribution in [2.75, 3.05) is 36.0 Å². The van der Waals surface area contributed by atoms with Crippen LogP contribution in [0.25, 0.3) is 0 Å². The van der Waals surface area contributed by atoms with Gasteiger partial charge in [-0.25, -0.2) is 9.97 Å². The second-order valence-corrected chi connectivity index (χ2v) is 8.10. The fraction of sp³-hybridized carbons (Fsp3) is 0.500. The van der Waals surface area contributed by atoms with Crippen molar-refractivity contribution < 1.29 is 18.0 Å². The highest BCUT2D eigenvalue weighted by Crippen LogP contribution is 2.32. The molecule has 4 rings (SSSR count). The number of nitrogens with one attached hydrogen (secondary N) is 1. The maximum atomic E-state index is 12.9. The van der Waals surface area contributed by atoms with Crippen LogP contribution in [0, 0.1) is 5.92 Å². The Bertz CT molecular complexity index is 906. The van der Waals surface area contributed by atoms with Crippen molar-refractivity contribution in [3.63, 3.8) is 0 Å². The van der Waals surface area contributed by atoms with Crippen LogP contribution in [0.2, 0.25) is 0 Å². The Hall–Kier alpha value is -2.84. The molecule has 6 nitrogen and oxygen atoms in total. The molecule has 2 saturated heterocycles. The molecule has 0 radical (unpaired) electrons. The summed E-state index contributed by atoms with van der Waals surface area (Å²) in [5.74, 6) is 0.697. The van der Waals surface area contributed by atoms with Gasteiger partial charge in [-0.2, -0.15) is 13.2 Å². The van der Waals surface area contributed by atoms with Crippen molar-refractivity contribution in [3.05, 3.63) is 47.9 Å². The lowest BCUT2D eigenvalue weighted by Gasteiger charge is -2.34. The zero-order valence-corrected chi connectivity index (χ0v) is 17.2. The molecule has 31 heavy (non-hydrogen) atoms. The Morgan fingerprint density at radius 1 is 1.10 bits per heavy atom. The molecule has 1 aromatic carbocycles. The van der Waals surface area contributed by atoms with Gasteiger partial charge in [-0.15, -0.1) is 0 Å². The highest BCUT2D eigenvalue weighted by Gasteiger charge is 2.31. The maximum Gasteiger partial charge on any atom is 0.416 e. The molecule has 0 spiro atoms. The van der Waals surface area contributed by atoms with Crippen molar-refractivity contribution in [3.8, 4) is 0 Å². The Morgan fingerprint density at radius 3 is 2.55 bits per heavy atom. The van der Waals surface area contributed by atoms with Gasteiger partial charge in [0.05, 0.1) is 17.4 Å². The number of halogens is 3. The van der Waals surface area contributed by atoms with Crippen molar-refractivity contribution in [2.45, 2.75) is 38.4 Å². The van der Waals surface area contributed by atoms with E-state index in [1.165, 1.54) is 6.07 Å². The highest BCUT2D eigenvalue weighted by atomic mass is 19.4. The first kappa shape index (κ1) is 21.4. The first-order valence-electron chi connectivity index (χ1n) is 10.7. The first-order chi connectivity index (χ1) is 14.9. The summed E-state index contributed by atoms with van der Waals surface area (Å²) in [4.78, 5) is 25.8. The van der Waals surface area contributed by atoms with E-state index in [0.717, 1.165) is 62.7 Å². The monoisotopic (exact) mass is 433 g/mol. The van der Waals surface area contributed by atoms with E-state index in [4.69, 9.17) is 0 Å². The summed E-state index contributed by atoms with van der Waals surface area (Å²) in [5, 5.41) is 2.80. The normalized spacial score (nSPS) is 17.8. The molecule has 1 amide bonds. The van der Waals surface area contributed by atoms with Crippen molar-refractivity contribution in [1.82, 2.24) is 15.3 Å². The van der Waals surface area contributed by atoms with Gasteiger partial charge in [0.15, 0.2) is 5.82 Å². The number of alkyl halides is 3. The van der Waals surface area contributed by atoms with Crippen molar-refractivity contribution >= 4 is 17.4 Å². The molecule has 166 valence electrons. The predicted octanol–water partition coefficient (Wildman–Crippen LogP) is 3.63. The van der Waals surface area contributed by atoms with Crippen LogP contribution in [0.5, 0.6) is 0 Å². The fourth-order valence-corrected chi connectivity index (χ4v) is 4.29. The van der Waals surface area contributed by atoms with E-state index in [1.54, 1.807) is 12.4 Å². The van der Waals surface area contributed by atoms with Crippen LogP contribution in [0.1, 0.15) is 36.8 Å². The zero-order chi connectivity index (χ0) is 21.8. The minimum atomic E-state index is -4.39. The minimum absolute atomic E-state index is 0.0919. The second kappa shape index (κ2) is 9.11. The van der Waals surface area contributed by atoms with E-state index in [0.29, 0.717) is 18.4 Å². The van der Waals surface area contributed by atoms with Gasteiger partial charge in [-0.3, -0.25) is 4.79 Å². The number of carbonyl (C=O) groups excluding carboxylic acids is 1. The van der Waals surface area contributed by atoms with Crippen LogP contribution in [0.3, 0.4) is 0 Å². The number of aromatic nitrogens is 2. The topological polar surface area (TPSA) is 61.4 Å². The van der Waals surface area contributed by atoms with Crippen LogP contribution < -0.4 is 15.1 Å². The summed E-state index contributed by atoms with van der Waals surface area (Å²) in [6.45, 7) is 3.52. The maximum absolute atomic E-state index is 12.9. The molecule has 0 aliphatic carbocycles. The predicted molar refractivity (Wildman–Crippen MR) is 112 cm³/mol. The summed E-state index contributed by atoms with van der Waals surface area (Å²) in [7, 11) is 0. The van der Waals surface area contributed by atoms with Crippen LogP contribution >= 0.6 is 0 Å². The first-order valence-corrected chi connectivity index (χ1v) is 10.7. The second-order valence-electron chi connectivity index (χ2n) is 8.10. The number of nitrogens with zero attached hydrogens (tertiary/aromatic N) is 4. The van der Waals surface area contributed by atoms with E-state index in [1.807, 2.05) is 6.20 Å². The van der Waals surface area contributed by atoms with E-state index in [9.17, 15) is 18.0 Å². The van der Waals surface area contributed by atoms with Gasteiger partial charge >= 0.3 is 6.18 Å². The molecule has 1 N–H and O–H groups in total. The molecule has 2 aliphatic heterocycles. The standard InChI is InChI=1S/C22H26F3N5O/c23-22(24,25)18-5-3-4-16(12-18)13-27-21(31)17-6-10-29(11-7-17)19-14-26-15-28-20(19)30-8-1-2-9-30/h3-5,12,14-15,17H,1-2,6-11,13H2,(H,27,31). The number of amides is 1. The molecule has 2 aromatic rings. The summed E-state index contributed by atoms with van der Waals surface area (Å²) in [6, 6.07) is 5.07. The number of hydrogen-bond acceptors (Lipinski definition) is 5. The van der Waals surface area contributed by atoms with Crippen LogP contribution in [-0.2, 0) is 17.5 Å². The molecule has 9 heteroatoms. The molecule has 3 heterocycles. The molecule has 2 aliphatic rings. The third-order valence-electron chi connectivity index (χ3n) is 6.01. The number of hydrogen-bond donors (Lipinski definition) is 1. The van der Waals surface area contributed by atoms with E-state index < -0.39 is 11.7 Å². The molecule has 0 unspecified atom stereocenters. The van der Waals surface area contributed by atoms with Gasteiger partial charge in [0.25, 0.3) is 0 Å². The van der Waals surface area contributed by atoms with Gasteiger partial charge in [-0.1, -0.05) is 12.1 Å². The third kappa shape index (κ3) is 5.08. The van der Waals surface area contributed by atoms with Crippen LogP contribution in [-0.4, -0.2) is 42.1 Å². The Balaban J connectivity index is 1.32. The van der Waals surface area contributed by atoms with E-state index >= 15 is 0 Å². The molecule has 0 saturated carbocycles. The molecule has 0 bridgehead atoms. The number of benzene rings is 1. The van der Waals surface area contributed by atoms with E-state index in [-0.39, 0.29) is 18.4 Å². The van der Waals surface area contributed by atoms with Gasteiger partial charge in [-0.05, 0) is 43.4 Å². The Kier molecular flexibility index (Phi) is 6.29.